The van der Waals surface area contributed by atoms with E-state index in [0.717, 1.165) is 11.1 Å². The summed E-state index contributed by atoms with van der Waals surface area (Å²) in [5, 5.41) is 5.90. The van der Waals surface area contributed by atoms with Gasteiger partial charge in [-0.2, -0.15) is 0 Å². The van der Waals surface area contributed by atoms with Crippen molar-refractivity contribution in [1.29, 1.82) is 0 Å². The number of benzene rings is 3. The van der Waals surface area contributed by atoms with Gasteiger partial charge in [0.2, 0.25) is 11.8 Å². The highest BCUT2D eigenvalue weighted by atomic mass is 35.5. The van der Waals surface area contributed by atoms with Crippen molar-refractivity contribution < 1.29 is 14.4 Å². The van der Waals surface area contributed by atoms with Crippen LogP contribution in [0.1, 0.15) is 21.5 Å². The zero-order chi connectivity index (χ0) is 23.8. The van der Waals surface area contributed by atoms with Crippen LogP contribution in [-0.2, 0) is 16.1 Å². The molecule has 0 atom stereocenters. The van der Waals surface area contributed by atoms with Crippen LogP contribution in [0.3, 0.4) is 0 Å². The van der Waals surface area contributed by atoms with E-state index in [0.29, 0.717) is 10.7 Å². The fraction of sp³-hybridized carbons (Fsp3) is 0.160. The molecule has 33 heavy (non-hydrogen) atoms. The van der Waals surface area contributed by atoms with E-state index in [4.69, 9.17) is 23.2 Å². The number of anilines is 1. The number of hydrogen-bond acceptors (Lipinski definition) is 3. The molecule has 8 heteroatoms. The number of nitrogens with zero attached hydrogens (tertiary/aromatic N) is 1. The summed E-state index contributed by atoms with van der Waals surface area (Å²) < 4.78 is 0. The predicted octanol–water partition coefficient (Wildman–Crippen LogP) is 4.70. The molecular weight excluding hydrogens is 461 g/mol. The first-order chi connectivity index (χ1) is 15.8. The fourth-order valence-electron chi connectivity index (χ4n) is 3.17. The Morgan fingerprint density at radius 3 is 2.33 bits per heavy atom. The van der Waals surface area contributed by atoms with Crippen LogP contribution in [0.2, 0.25) is 10.0 Å². The monoisotopic (exact) mass is 483 g/mol. The Kier molecular flexibility index (Phi) is 8.46. The van der Waals surface area contributed by atoms with Gasteiger partial charge < -0.3 is 15.5 Å². The first-order valence-corrected chi connectivity index (χ1v) is 11.0. The summed E-state index contributed by atoms with van der Waals surface area (Å²) in [5.41, 5.74) is 2.74. The summed E-state index contributed by atoms with van der Waals surface area (Å²) >= 11 is 12.2. The molecule has 2 N–H and O–H groups in total. The van der Waals surface area contributed by atoms with E-state index in [2.05, 4.69) is 10.6 Å². The summed E-state index contributed by atoms with van der Waals surface area (Å²) in [6.07, 6.45) is 0. The van der Waals surface area contributed by atoms with Gasteiger partial charge in [0.05, 0.1) is 17.1 Å². The average molecular weight is 484 g/mol. The highest BCUT2D eigenvalue weighted by molar-refractivity contribution is 6.36. The lowest BCUT2D eigenvalue weighted by atomic mass is 10.1. The summed E-state index contributed by atoms with van der Waals surface area (Å²) in [7, 11) is 0. The molecule has 3 aromatic carbocycles. The van der Waals surface area contributed by atoms with Crippen molar-refractivity contribution in [2.24, 2.45) is 0 Å². The molecule has 3 rings (SSSR count). The van der Waals surface area contributed by atoms with Gasteiger partial charge in [0, 0.05) is 17.3 Å². The third-order valence-electron chi connectivity index (χ3n) is 4.75. The third-order valence-corrected chi connectivity index (χ3v) is 5.30. The topological polar surface area (TPSA) is 78.5 Å². The van der Waals surface area contributed by atoms with Crippen LogP contribution in [-0.4, -0.2) is 35.7 Å². The largest absolute Gasteiger partial charge is 0.345 e. The molecular formula is C25H23Cl2N3O3. The smallest absolute Gasteiger partial charge is 0.256 e. The van der Waals surface area contributed by atoms with E-state index >= 15 is 0 Å². The first-order valence-electron chi connectivity index (χ1n) is 10.2. The molecule has 0 aromatic heterocycles. The summed E-state index contributed by atoms with van der Waals surface area (Å²) in [6.45, 7) is 1.65. The SMILES string of the molecule is Cc1cccc(NC(=O)CNC(=O)CN(Cc2ccccc2)C(=O)c2ccc(Cl)cc2Cl)c1. The van der Waals surface area contributed by atoms with Crippen molar-refractivity contribution in [2.45, 2.75) is 13.5 Å². The van der Waals surface area contributed by atoms with Crippen LogP contribution >= 0.6 is 23.2 Å². The van der Waals surface area contributed by atoms with Crippen molar-refractivity contribution in [3.05, 3.63) is 99.5 Å². The minimum Gasteiger partial charge on any atom is -0.345 e. The van der Waals surface area contributed by atoms with E-state index in [9.17, 15) is 14.4 Å². The Morgan fingerprint density at radius 1 is 0.879 bits per heavy atom. The number of amides is 3. The van der Waals surface area contributed by atoms with Gasteiger partial charge in [0.1, 0.15) is 6.54 Å². The molecule has 0 spiro atoms. The number of hydrogen-bond donors (Lipinski definition) is 2. The maximum atomic E-state index is 13.2. The third kappa shape index (κ3) is 7.34. The summed E-state index contributed by atoms with van der Waals surface area (Å²) in [5.74, 6) is -1.25. The standard InChI is InChI=1S/C25H23Cl2N3O3/c1-17-6-5-9-20(12-17)29-23(31)14-28-24(32)16-30(15-18-7-3-2-4-8-18)25(33)21-11-10-19(26)13-22(21)27/h2-13H,14-16H2,1H3,(H,28,32)(H,29,31). The highest BCUT2D eigenvalue weighted by Crippen LogP contribution is 2.23. The molecule has 0 radical (unpaired) electrons. The molecule has 0 fully saturated rings. The Balaban J connectivity index is 1.66. The second-order valence-corrected chi connectivity index (χ2v) is 8.31. The van der Waals surface area contributed by atoms with Gasteiger partial charge in [-0.25, -0.2) is 0 Å². The van der Waals surface area contributed by atoms with Gasteiger partial charge in [-0.1, -0.05) is 65.7 Å². The van der Waals surface area contributed by atoms with E-state index in [1.54, 1.807) is 12.1 Å². The molecule has 0 saturated carbocycles. The van der Waals surface area contributed by atoms with Gasteiger partial charge in [0.25, 0.3) is 5.91 Å². The molecule has 0 unspecified atom stereocenters. The molecule has 0 bridgehead atoms. The molecule has 6 nitrogen and oxygen atoms in total. The van der Waals surface area contributed by atoms with Crippen LogP contribution in [0.4, 0.5) is 5.69 Å². The van der Waals surface area contributed by atoms with Crippen LogP contribution in [0.15, 0.2) is 72.8 Å². The van der Waals surface area contributed by atoms with Crippen LogP contribution in [0.25, 0.3) is 0 Å². The van der Waals surface area contributed by atoms with Gasteiger partial charge in [-0.3, -0.25) is 14.4 Å². The number of nitrogens with one attached hydrogen (secondary N) is 2. The van der Waals surface area contributed by atoms with Crippen molar-refractivity contribution >= 4 is 46.6 Å². The van der Waals surface area contributed by atoms with Crippen molar-refractivity contribution in [1.82, 2.24) is 10.2 Å². The molecule has 170 valence electrons. The minimum absolute atomic E-state index is 0.196. The molecule has 0 heterocycles. The summed E-state index contributed by atoms with van der Waals surface area (Å²) in [6, 6.07) is 21.2. The zero-order valence-corrected chi connectivity index (χ0v) is 19.5. The van der Waals surface area contributed by atoms with Crippen molar-refractivity contribution in [3.8, 4) is 0 Å². The molecule has 0 aliphatic rings. The minimum atomic E-state index is -0.469. The van der Waals surface area contributed by atoms with Crippen LogP contribution in [0.5, 0.6) is 0 Å². The quantitative estimate of drug-likeness (QED) is 0.487. The van der Waals surface area contributed by atoms with E-state index in [1.807, 2.05) is 55.5 Å². The lowest BCUT2D eigenvalue weighted by molar-refractivity contribution is -0.124. The number of aryl methyl sites for hydroxylation is 1. The lowest BCUT2D eigenvalue weighted by Crippen LogP contribution is -2.42. The Hall–Kier alpha value is -3.35. The Labute approximate surface area is 202 Å². The van der Waals surface area contributed by atoms with Gasteiger partial charge in [-0.05, 0) is 48.4 Å². The van der Waals surface area contributed by atoms with E-state index < -0.39 is 11.8 Å². The van der Waals surface area contributed by atoms with Gasteiger partial charge in [-0.15, -0.1) is 0 Å². The van der Waals surface area contributed by atoms with Crippen LogP contribution < -0.4 is 10.6 Å². The lowest BCUT2D eigenvalue weighted by Gasteiger charge is -2.23. The van der Waals surface area contributed by atoms with Crippen molar-refractivity contribution in [3.63, 3.8) is 0 Å². The number of carbonyl (C=O) groups excluding carboxylic acids is 3. The second-order valence-electron chi connectivity index (χ2n) is 7.47. The van der Waals surface area contributed by atoms with E-state index in [-0.39, 0.29) is 36.1 Å². The van der Waals surface area contributed by atoms with E-state index in [1.165, 1.54) is 17.0 Å². The average Bonchev–Trinajstić information content (AvgIpc) is 2.77. The van der Waals surface area contributed by atoms with Crippen molar-refractivity contribution in [2.75, 3.05) is 18.4 Å². The number of rotatable bonds is 8. The molecule has 3 aromatic rings. The normalized spacial score (nSPS) is 10.4. The molecule has 0 saturated heterocycles. The Bertz CT molecular complexity index is 1150. The molecule has 0 aliphatic heterocycles. The molecule has 3 amide bonds. The first kappa shape index (κ1) is 24.3. The van der Waals surface area contributed by atoms with Gasteiger partial charge in [0.15, 0.2) is 0 Å². The van der Waals surface area contributed by atoms with Gasteiger partial charge >= 0.3 is 0 Å². The van der Waals surface area contributed by atoms with Crippen LogP contribution in [0, 0.1) is 6.92 Å². The second kappa shape index (κ2) is 11.5. The summed E-state index contributed by atoms with van der Waals surface area (Å²) in [4.78, 5) is 39.3. The number of carbonyl (C=O) groups is 3. The maximum Gasteiger partial charge on any atom is 0.256 e. The highest BCUT2D eigenvalue weighted by Gasteiger charge is 2.22. The zero-order valence-electron chi connectivity index (χ0n) is 18.0. The predicted molar refractivity (Wildman–Crippen MR) is 130 cm³/mol. The fourth-order valence-corrected chi connectivity index (χ4v) is 3.66. The number of halogens is 2. The Morgan fingerprint density at radius 2 is 1.64 bits per heavy atom. The molecule has 0 aliphatic carbocycles. The maximum absolute atomic E-state index is 13.2.